The summed E-state index contributed by atoms with van der Waals surface area (Å²) in [6.45, 7) is 4.17. The number of rotatable bonds is 2. The Morgan fingerprint density at radius 1 is 1.33 bits per heavy atom. The highest BCUT2D eigenvalue weighted by atomic mass is 19.3. The lowest BCUT2D eigenvalue weighted by Crippen LogP contribution is -2.21. The fourth-order valence-electron chi connectivity index (χ4n) is 1.85. The van der Waals surface area contributed by atoms with Gasteiger partial charge in [-0.25, -0.2) is 0 Å². The van der Waals surface area contributed by atoms with E-state index >= 15 is 0 Å². The van der Waals surface area contributed by atoms with Gasteiger partial charge in [0.2, 0.25) is 0 Å². The van der Waals surface area contributed by atoms with Gasteiger partial charge >= 0.3 is 6.29 Å². The molecular weight excluding hydrogens is 202 g/mol. The number of fused-ring (bicyclic) bond motifs is 1. The molecule has 0 aromatic rings. The third-order valence-corrected chi connectivity index (χ3v) is 2.39. The molecule has 2 nitrogen and oxygen atoms in total. The number of halogens is 2. The van der Waals surface area contributed by atoms with Gasteiger partial charge in [-0.2, -0.15) is 0 Å². The van der Waals surface area contributed by atoms with Crippen LogP contribution in [0.15, 0.2) is 23.8 Å². The van der Waals surface area contributed by atoms with Crippen molar-refractivity contribution in [1.82, 2.24) is 0 Å². The minimum Gasteiger partial charge on any atom is -0.285 e. The Labute approximate surface area is 87.6 Å². The van der Waals surface area contributed by atoms with Crippen LogP contribution in [0.25, 0.3) is 0 Å². The zero-order valence-corrected chi connectivity index (χ0v) is 8.74. The van der Waals surface area contributed by atoms with Crippen molar-refractivity contribution < 1.29 is 18.3 Å². The Morgan fingerprint density at radius 3 is 2.67 bits per heavy atom. The first kappa shape index (κ1) is 10.8. The zero-order chi connectivity index (χ0) is 11.1. The molecule has 15 heavy (non-hydrogen) atoms. The van der Waals surface area contributed by atoms with Gasteiger partial charge in [0, 0.05) is 0 Å². The highest BCUT2D eigenvalue weighted by Crippen LogP contribution is 2.35. The highest BCUT2D eigenvalue weighted by Gasteiger charge is 2.48. The molecule has 1 aliphatic carbocycles. The fraction of sp³-hybridized carbons (Fsp3) is 0.636. The lowest BCUT2D eigenvalue weighted by molar-refractivity contribution is -0.347. The van der Waals surface area contributed by atoms with Crippen molar-refractivity contribution >= 4 is 0 Å². The Hall–Kier alpha value is -0.740. The molecule has 0 saturated carbocycles. The minimum atomic E-state index is -3.44. The second-order valence-electron chi connectivity index (χ2n) is 4.33. The van der Waals surface area contributed by atoms with E-state index in [0.29, 0.717) is 5.92 Å². The van der Waals surface area contributed by atoms with Crippen LogP contribution in [0.2, 0.25) is 0 Å². The normalized spacial score (nSPS) is 33.0. The van der Waals surface area contributed by atoms with Gasteiger partial charge in [-0.15, -0.1) is 8.78 Å². The molecule has 2 unspecified atom stereocenters. The SMILES string of the molecule is CC(C)CC1=CC2OC(F)(F)OC2C=C1. The largest absolute Gasteiger partial charge is 0.486 e. The summed E-state index contributed by atoms with van der Waals surface area (Å²) in [5.41, 5.74) is 1.03. The average molecular weight is 216 g/mol. The molecule has 4 heteroatoms. The average Bonchev–Trinajstić information content (AvgIpc) is 2.36. The molecule has 2 aliphatic rings. The first-order chi connectivity index (χ1) is 6.96. The Balaban J connectivity index is 2.07. The summed E-state index contributed by atoms with van der Waals surface area (Å²) in [5, 5.41) is 0. The predicted molar refractivity (Wildman–Crippen MR) is 51.4 cm³/mol. The number of hydrogen-bond donors (Lipinski definition) is 0. The van der Waals surface area contributed by atoms with E-state index in [2.05, 4.69) is 23.3 Å². The van der Waals surface area contributed by atoms with Crippen molar-refractivity contribution in [3.05, 3.63) is 23.8 Å². The fourth-order valence-corrected chi connectivity index (χ4v) is 1.85. The predicted octanol–water partition coefficient (Wildman–Crippen LogP) is 2.86. The lowest BCUT2D eigenvalue weighted by Gasteiger charge is -2.16. The van der Waals surface area contributed by atoms with Crippen molar-refractivity contribution in [1.29, 1.82) is 0 Å². The molecular formula is C11H14F2O2. The van der Waals surface area contributed by atoms with Crippen molar-refractivity contribution in [3.63, 3.8) is 0 Å². The summed E-state index contributed by atoms with van der Waals surface area (Å²) in [6, 6.07) is 0. The van der Waals surface area contributed by atoms with Crippen LogP contribution in [-0.4, -0.2) is 18.5 Å². The zero-order valence-electron chi connectivity index (χ0n) is 8.74. The highest BCUT2D eigenvalue weighted by molar-refractivity contribution is 5.28. The molecule has 2 atom stereocenters. The molecule has 1 fully saturated rings. The summed E-state index contributed by atoms with van der Waals surface area (Å²) in [7, 11) is 0. The Morgan fingerprint density at radius 2 is 2.00 bits per heavy atom. The van der Waals surface area contributed by atoms with Crippen molar-refractivity contribution in [2.24, 2.45) is 5.92 Å². The maximum absolute atomic E-state index is 12.7. The Kier molecular flexibility index (Phi) is 2.64. The van der Waals surface area contributed by atoms with E-state index in [1.807, 2.05) is 6.08 Å². The van der Waals surface area contributed by atoms with Crippen LogP contribution < -0.4 is 0 Å². The van der Waals surface area contributed by atoms with E-state index in [4.69, 9.17) is 0 Å². The number of hydrogen-bond acceptors (Lipinski definition) is 2. The van der Waals surface area contributed by atoms with Gasteiger partial charge in [-0.1, -0.05) is 26.0 Å². The molecule has 0 bridgehead atoms. The van der Waals surface area contributed by atoms with Gasteiger partial charge in [0.15, 0.2) is 0 Å². The van der Waals surface area contributed by atoms with E-state index in [1.54, 1.807) is 12.2 Å². The monoisotopic (exact) mass is 216 g/mol. The van der Waals surface area contributed by atoms with Crippen molar-refractivity contribution in [3.8, 4) is 0 Å². The van der Waals surface area contributed by atoms with Crippen LogP contribution in [-0.2, 0) is 9.47 Å². The lowest BCUT2D eigenvalue weighted by atomic mass is 9.95. The molecule has 0 spiro atoms. The molecule has 2 rings (SSSR count). The maximum Gasteiger partial charge on any atom is 0.486 e. The number of allylic oxidation sites excluding steroid dienone is 2. The summed E-state index contributed by atoms with van der Waals surface area (Å²) in [6.07, 6.45) is 1.36. The molecule has 0 amide bonds. The minimum absolute atomic E-state index is 0.500. The van der Waals surface area contributed by atoms with Gasteiger partial charge < -0.3 is 0 Å². The molecule has 0 aromatic heterocycles. The first-order valence-corrected chi connectivity index (χ1v) is 5.08. The summed E-state index contributed by atoms with van der Waals surface area (Å²) in [5.74, 6) is 0.500. The summed E-state index contributed by atoms with van der Waals surface area (Å²) < 4.78 is 34.4. The third kappa shape index (κ3) is 2.44. The molecule has 0 aromatic carbocycles. The Bertz CT molecular complexity index is 308. The van der Waals surface area contributed by atoms with Crippen LogP contribution in [0.5, 0.6) is 0 Å². The van der Waals surface area contributed by atoms with Crippen molar-refractivity contribution in [2.45, 2.75) is 38.8 Å². The van der Waals surface area contributed by atoms with Crippen LogP contribution in [0.3, 0.4) is 0 Å². The molecule has 0 radical (unpaired) electrons. The second-order valence-corrected chi connectivity index (χ2v) is 4.33. The molecule has 1 saturated heterocycles. The smallest absolute Gasteiger partial charge is 0.285 e. The van der Waals surface area contributed by atoms with Crippen LogP contribution in [0, 0.1) is 5.92 Å². The molecule has 1 heterocycles. The number of alkyl halides is 2. The molecule has 0 N–H and O–H groups in total. The van der Waals surface area contributed by atoms with E-state index in [-0.39, 0.29) is 0 Å². The van der Waals surface area contributed by atoms with E-state index in [9.17, 15) is 8.78 Å². The van der Waals surface area contributed by atoms with Crippen LogP contribution in [0.1, 0.15) is 20.3 Å². The van der Waals surface area contributed by atoms with Gasteiger partial charge in [0.25, 0.3) is 0 Å². The van der Waals surface area contributed by atoms with Gasteiger partial charge in [0.05, 0.1) is 0 Å². The first-order valence-electron chi connectivity index (χ1n) is 5.08. The third-order valence-electron chi connectivity index (χ3n) is 2.39. The van der Waals surface area contributed by atoms with Crippen molar-refractivity contribution in [2.75, 3.05) is 0 Å². The van der Waals surface area contributed by atoms with Gasteiger partial charge in [-0.3, -0.25) is 9.47 Å². The second kappa shape index (κ2) is 3.68. The van der Waals surface area contributed by atoms with Gasteiger partial charge in [-0.05, 0) is 24.0 Å². The van der Waals surface area contributed by atoms with E-state index < -0.39 is 18.5 Å². The van der Waals surface area contributed by atoms with Gasteiger partial charge in [0.1, 0.15) is 12.2 Å². The standard InChI is InChI=1S/C11H14F2O2/c1-7(2)5-8-3-4-9-10(6-8)15-11(12,13)14-9/h3-4,6-7,9-10H,5H2,1-2H3. The molecule has 1 aliphatic heterocycles. The van der Waals surface area contributed by atoms with Crippen LogP contribution >= 0.6 is 0 Å². The maximum atomic E-state index is 12.7. The van der Waals surface area contributed by atoms with Crippen LogP contribution in [0.4, 0.5) is 8.78 Å². The topological polar surface area (TPSA) is 18.5 Å². The summed E-state index contributed by atoms with van der Waals surface area (Å²) >= 11 is 0. The summed E-state index contributed by atoms with van der Waals surface area (Å²) in [4.78, 5) is 0. The quantitative estimate of drug-likeness (QED) is 0.706. The molecule has 84 valence electrons. The van der Waals surface area contributed by atoms with E-state index in [1.165, 1.54) is 0 Å². The number of ether oxygens (including phenoxy) is 2. The van der Waals surface area contributed by atoms with E-state index in [0.717, 1.165) is 12.0 Å².